The second kappa shape index (κ2) is 6.56. The first-order valence-corrected chi connectivity index (χ1v) is 6.17. The van der Waals surface area contributed by atoms with Gasteiger partial charge < -0.3 is 10.1 Å². The van der Waals surface area contributed by atoms with E-state index in [1.54, 1.807) is 13.0 Å². The molecule has 0 bridgehead atoms. The molecule has 1 N–H and O–H groups in total. The topological polar surface area (TPSA) is 81.2 Å². The van der Waals surface area contributed by atoms with E-state index in [1.165, 1.54) is 30.6 Å². The molecule has 6 nitrogen and oxygen atoms in total. The maximum absolute atomic E-state index is 13.5. The van der Waals surface area contributed by atoms with Gasteiger partial charge in [0.25, 0.3) is 5.91 Å². The van der Waals surface area contributed by atoms with E-state index >= 15 is 0 Å². The van der Waals surface area contributed by atoms with Crippen LogP contribution in [-0.4, -0.2) is 28.5 Å². The monoisotopic (exact) mass is 289 g/mol. The summed E-state index contributed by atoms with van der Waals surface area (Å²) < 4.78 is 18.3. The molecule has 2 aromatic rings. The smallest absolute Gasteiger partial charge is 0.359 e. The Morgan fingerprint density at radius 1 is 1.19 bits per heavy atom. The number of nitrogens with one attached hydrogen (secondary N) is 1. The fraction of sp³-hybridized carbons (Fsp3) is 0.143. The summed E-state index contributed by atoms with van der Waals surface area (Å²) in [5, 5.41) is 2.34. The van der Waals surface area contributed by atoms with Crippen LogP contribution in [0.3, 0.4) is 0 Å². The largest absolute Gasteiger partial charge is 0.461 e. The SMILES string of the molecule is CCOC(=O)c1nccnc1C(=O)Nc1ccccc1F. The van der Waals surface area contributed by atoms with E-state index in [9.17, 15) is 14.0 Å². The summed E-state index contributed by atoms with van der Waals surface area (Å²) in [4.78, 5) is 31.4. The van der Waals surface area contributed by atoms with E-state index in [4.69, 9.17) is 4.74 Å². The highest BCUT2D eigenvalue weighted by atomic mass is 19.1. The average Bonchev–Trinajstić information content (AvgIpc) is 2.50. The summed E-state index contributed by atoms with van der Waals surface area (Å²) in [6.07, 6.45) is 2.53. The first kappa shape index (κ1) is 14.6. The number of halogens is 1. The maximum atomic E-state index is 13.5. The van der Waals surface area contributed by atoms with Gasteiger partial charge in [-0.25, -0.2) is 19.2 Å². The zero-order valence-corrected chi connectivity index (χ0v) is 11.2. The average molecular weight is 289 g/mol. The van der Waals surface area contributed by atoms with Crippen molar-refractivity contribution in [3.05, 3.63) is 53.9 Å². The van der Waals surface area contributed by atoms with Crippen molar-refractivity contribution in [2.45, 2.75) is 6.92 Å². The van der Waals surface area contributed by atoms with Gasteiger partial charge in [-0.15, -0.1) is 0 Å². The zero-order chi connectivity index (χ0) is 15.2. The van der Waals surface area contributed by atoms with Crippen LogP contribution in [0.1, 0.15) is 27.9 Å². The first-order chi connectivity index (χ1) is 10.1. The van der Waals surface area contributed by atoms with Gasteiger partial charge in [-0.2, -0.15) is 0 Å². The first-order valence-electron chi connectivity index (χ1n) is 6.17. The Morgan fingerprint density at radius 2 is 1.86 bits per heavy atom. The van der Waals surface area contributed by atoms with Crippen molar-refractivity contribution in [3.8, 4) is 0 Å². The van der Waals surface area contributed by atoms with Crippen LogP contribution in [0.15, 0.2) is 36.7 Å². The molecular formula is C14H12FN3O3. The molecule has 0 saturated heterocycles. The molecule has 0 unspecified atom stereocenters. The molecule has 0 atom stereocenters. The Balaban J connectivity index is 2.28. The molecule has 21 heavy (non-hydrogen) atoms. The standard InChI is InChI=1S/C14H12FN3O3/c1-2-21-14(20)12-11(16-7-8-17-12)13(19)18-10-6-4-3-5-9(10)15/h3-8H,2H2,1H3,(H,18,19). The number of carbonyl (C=O) groups excluding carboxylic acids is 2. The van der Waals surface area contributed by atoms with Gasteiger partial charge in [-0.1, -0.05) is 12.1 Å². The lowest BCUT2D eigenvalue weighted by atomic mass is 10.2. The highest BCUT2D eigenvalue weighted by Crippen LogP contribution is 2.14. The number of hydrogen-bond acceptors (Lipinski definition) is 5. The van der Waals surface area contributed by atoms with Crippen LogP contribution in [0.4, 0.5) is 10.1 Å². The van der Waals surface area contributed by atoms with Crippen molar-refractivity contribution in [1.82, 2.24) is 9.97 Å². The van der Waals surface area contributed by atoms with Crippen LogP contribution < -0.4 is 5.32 Å². The molecule has 0 aliphatic heterocycles. The fourth-order valence-electron chi connectivity index (χ4n) is 1.60. The molecule has 108 valence electrons. The van der Waals surface area contributed by atoms with Crippen molar-refractivity contribution >= 4 is 17.6 Å². The number of rotatable bonds is 4. The Hall–Kier alpha value is -2.83. The number of anilines is 1. The molecule has 1 aromatic carbocycles. The minimum atomic E-state index is -0.760. The van der Waals surface area contributed by atoms with Crippen molar-refractivity contribution < 1.29 is 18.7 Å². The summed E-state index contributed by atoms with van der Waals surface area (Å²) in [7, 11) is 0. The van der Waals surface area contributed by atoms with Crippen molar-refractivity contribution in [2.24, 2.45) is 0 Å². The highest BCUT2D eigenvalue weighted by molar-refractivity contribution is 6.08. The molecule has 1 aromatic heterocycles. The van der Waals surface area contributed by atoms with E-state index in [1.807, 2.05) is 0 Å². The predicted molar refractivity (Wildman–Crippen MR) is 72.3 cm³/mol. The number of aromatic nitrogens is 2. The third-order valence-electron chi connectivity index (χ3n) is 2.50. The van der Waals surface area contributed by atoms with Gasteiger partial charge >= 0.3 is 5.97 Å². The Kier molecular flexibility index (Phi) is 4.55. The van der Waals surface area contributed by atoms with E-state index < -0.39 is 17.7 Å². The van der Waals surface area contributed by atoms with Crippen molar-refractivity contribution in [2.75, 3.05) is 11.9 Å². The van der Waals surface area contributed by atoms with Crippen LogP contribution in [0, 0.1) is 5.82 Å². The third kappa shape index (κ3) is 3.38. The summed E-state index contributed by atoms with van der Waals surface area (Å²) in [6.45, 7) is 1.77. The van der Waals surface area contributed by atoms with Gasteiger partial charge in [-0.3, -0.25) is 4.79 Å². The molecule has 0 fully saturated rings. The van der Waals surface area contributed by atoms with Gasteiger partial charge in [0, 0.05) is 12.4 Å². The predicted octanol–water partition coefficient (Wildman–Crippen LogP) is 2.04. The van der Waals surface area contributed by atoms with E-state index in [2.05, 4.69) is 15.3 Å². The molecule has 0 radical (unpaired) electrons. The van der Waals surface area contributed by atoms with Crippen LogP contribution in [0.2, 0.25) is 0 Å². The molecule has 7 heteroatoms. The van der Waals surface area contributed by atoms with Gasteiger partial charge in [-0.05, 0) is 19.1 Å². The number of nitrogens with zero attached hydrogens (tertiary/aromatic N) is 2. The van der Waals surface area contributed by atoms with Crippen molar-refractivity contribution in [1.29, 1.82) is 0 Å². The second-order valence-corrected chi connectivity index (χ2v) is 3.91. The number of hydrogen-bond donors (Lipinski definition) is 1. The lowest BCUT2D eigenvalue weighted by molar-refractivity contribution is 0.0515. The van der Waals surface area contributed by atoms with Crippen molar-refractivity contribution in [3.63, 3.8) is 0 Å². The number of ether oxygens (including phenoxy) is 1. The van der Waals surface area contributed by atoms with Gasteiger partial charge in [0.2, 0.25) is 0 Å². The minimum absolute atomic E-state index is 0.0111. The molecular weight excluding hydrogens is 277 g/mol. The molecule has 1 heterocycles. The van der Waals surface area contributed by atoms with E-state index in [0.29, 0.717) is 0 Å². The van der Waals surface area contributed by atoms with Crippen LogP contribution in [0.5, 0.6) is 0 Å². The quantitative estimate of drug-likeness (QED) is 0.871. The zero-order valence-electron chi connectivity index (χ0n) is 11.2. The summed E-state index contributed by atoms with van der Waals surface area (Å²) >= 11 is 0. The Labute approximate surface area is 120 Å². The molecule has 1 amide bonds. The molecule has 0 spiro atoms. The number of amides is 1. The van der Waals surface area contributed by atoms with Crippen LogP contribution in [0.25, 0.3) is 0 Å². The Bertz CT molecular complexity index is 676. The highest BCUT2D eigenvalue weighted by Gasteiger charge is 2.21. The Morgan fingerprint density at radius 3 is 2.52 bits per heavy atom. The maximum Gasteiger partial charge on any atom is 0.359 e. The molecule has 2 rings (SSSR count). The van der Waals surface area contributed by atoms with Crippen LogP contribution >= 0.6 is 0 Å². The van der Waals surface area contributed by atoms with Gasteiger partial charge in [0.1, 0.15) is 5.82 Å². The summed E-state index contributed by atoms with van der Waals surface area (Å²) in [6, 6.07) is 5.67. The number of para-hydroxylation sites is 1. The lowest BCUT2D eigenvalue weighted by Gasteiger charge is -2.08. The number of benzene rings is 1. The van der Waals surface area contributed by atoms with Gasteiger partial charge in [0.05, 0.1) is 12.3 Å². The van der Waals surface area contributed by atoms with Crippen LogP contribution in [-0.2, 0) is 4.74 Å². The molecule has 0 aliphatic rings. The molecule has 0 saturated carbocycles. The normalized spacial score (nSPS) is 10.0. The van der Waals surface area contributed by atoms with E-state index in [-0.39, 0.29) is 23.7 Å². The number of carbonyl (C=O) groups is 2. The summed E-state index contributed by atoms with van der Waals surface area (Å²) in [5.41, 5.74) is -0.449. The minimum Gasteiger partial charge on any atom is -0.461 e. The summed E-state index contributed by atoms with van der Waals surface area (Å²) in [5.74, 6) is -2.09. The molecule has 0 aliphatic carbocycles. The second-order valence-electron chi connectivity index (χ2n) is 3.91. The lowest BCUT2D eigenvalue weighted by Crippen LogP contribution is -2.21. The van der Waals surface area contributed by atoms with E-state index in [0.717, 1.165) is 0 Å². The third-order valence-corrected chi connectivity index (χ3v) is 2.50. The van der Waals surface area contributed by atoms with Gasteiger partial charge in [0.15, 0.2) is 11.4 Å². The fourth-order valence-corrected chi connectivity index (χ4v) is 1.60. The number of esters is 1.